The Morgan fingerprint density at radius 2 is 2.21 bits per heavy atom. The molecule has 0 radical (unpaired) electrons. The molecule has 1 N–H and O–H groups in total. The molecule has 0 spiro atoms. The zero-order chi connectivity index (χ0) is 17.7. The lowest BCUT2D eigenvalue weighted by Gasteiger charge is -2.41. The number of hydrogen-bond donors (Lipinski definition) is 1. The first-order valence-electron chi connectivity index (χ1n) is 9.04. The lowest BCUT2D eigenvalue weighted by Crippen LogP contribution is -2.48. The number of carboxylic acid groups (broad SMARTS) is 1. The first-order chi connectivity index (χ1) is 11.4. The topological polar surface area (TPSA) is 61.6 Å². The van der Waals surface area contributed by atoms with Crippen LogP contribution in [0.5, 0.6) is 0 Å². The van der Waals surface area contributed by atoms with Crippen molar-refractivity contribution < 1.29 is 9.90 Å². The van der Waals surface area contributed by atoms with Gasteiger partial charge >= 0.3 is 5.97 Å². The van der Waals surface area contributed by atoms with Gasteiger partial charge in [0.25, 0.3) is 0 Å². The maximum Gasteiger partial charge on any atom is 0.303 e. The van der Waals surface area contributed by atoms with E-state index in [0.29, 0.717) is 12.0 Å². The molecule has 0 amide bonds. The van der Waals surface area contributed by atoms with Crippen LogP contribution in [0, 0.1) is 12.8 Å². The highest BCUT2D eigenvalue weighted by Crippen LogP contribution is 2.26. The fourth-order valence-corrected chi connectivity index (χ4v) is 3.83. The number of piperidine rings is 1. The second-order valence-corrected chi connectivity index (χ2v) is 7.23. The molecule has 1 aliphatic rings. The molecule has 136 valence electrons. The van der Waals surface area contributed by atoms with Gasteiger partial charge in [-0.25, -0.2) is 0 Å². The molecule has 2 heterocycles. The molecule has 24 heavy (non-hydrogen) atoms. The summed E-state index contributed by atoms with van der Waals surface area (Å²) in [5, 5.41) is 13.5. The smallest absolute Gasteiger partial charge is 0.303 e. The lowest BCUT2D eigenvalue weighted by molar-refractivity contribution is -0.137. The Morgan fingerprint density at radius 3 is 2.83 bits per heavy atom. The number of rotatable bonds is 8. The van der Waals surface area contributed by atoms with Gasteiger partial charge in [0.1, 0.15) is 0 Å². The van der Waals surface area contributed by atoms with Crippen LogP contribution in [0.3, 0.4) is 0 Å². The van der Waals surface area contributed by atoms with Crippen LogP contribution in [-0.4, -0.2) is 63.9 Å². The van der Waals surface area contributed by atoms with Crippen molar-refractivity contribution in [3.63, 3.8) is 0 Å². The van der Waals surface area contributed by atoms with E-state index in [1.165, 1.54) is 11.3 Å². The summed E-state index contributed by atoms with van der Waals surface area (Å²) in [6.45, 7) is 8.22. The Kier molecular flexibility index (Phi) is 6.80. The van der Waals surface area contributed by atoms with Gasteiger partial charge in [-0.3, -0.25) is 14.4 Å². The molecular formula is C18H32N4O2. The standard InChI is InChI=1S/C18H32N4O2/c1-5-9-22-14(2)16(11-19-22)13-21-10-8-17(20(3)4)15(12-21)6-7-18(23)24/h11,15,17H,5-10,12-13H2,1-4H3,(H,23,24)/t15-,17+/m0/s1. The lowest BCUT2D eigenvalue weighted by atomic mass is 9.87. The summed E-state index contributed by atoms with van der Waals surface area (Å²) in [4.78, 5) is 15.7. The number of aliphatic carboxylic acids is 1. The van der Waals surface area contributed by atoms with Crippen LogP contribution >= 0.6 is 0 Å². The molecule has 0 unspecified atom stereocenters. The molecular weight excluding hydrogens is 304 g/mol. The van der Waals surface area contributed by atoms with E-state index < -0.39 is 5.97 Å². The van der Waals surface area contributed by atoms with Gasteiger partial charge in [0.2, 0.25) is 0 Å². The van der Waals surface area contributed by atoms with Gasteiger partial charge in [-0.2, -0.15) is 5.10 Å². The number of hydrogen-bond acceptors (Lipinski definition) is 4. The summed E-state index contributed by atoms with van der Waals surface area (Å²) in [5.41, 5.74) is 2.55. The molecule has 1 aromatic rings. The van der Waals surface area contributed by atoms with Crippen LogP contribution in [-0.2, 0) is 17.9 Å². The van der Waals surface area contributed by atoms with Crippen LogP contribution in [0.4, 0.5) is 0 Å². The average Bonchev–Trinajstić information content (AvgIpc) is 2.86. The Morgan fingerprint density at radius 1 is 1.46 bits per heavy atom. The highest BCUT2D eigenvalue weighted by atomic mass is 16.4. The number of carbonyl (C=O) groups is 1. The average molecular weight is 336 g/mol. The molecule has 1 aliphatic heterocycles. The molecule has 2 atom stereocenters. The first-order valence-corrected chi connectivity index (χ1v) is 9.04. The van der Waals surface area contributed by atoms with Gasteiger partial charge in [-0.1, -0.05) is 6.92 Å². The van der Waals surface area contributed by atoms with Crippen molar-refractivity contribution in [2.45, 2.75) is 58.7 Å². The number of aryl methyl sites for hydroxylation is 1. The van der Waals surface area contributed by atoms with Crippen LogP contribution in [0.1, 0.15) is 43.9 Å². The van der Waals surface area contributed by atoms with Crippen molar-refractivity contribution in [1.29, 1.82) is 0 Å². The van der Waals surface area contributed by atoms with Gasteiger partial charge in [-0.05, 0) is 52.7 Å². The summed E-state index contributed by atoms with van der Waals surface area (Å²) >= 11 is 0. The summed E-state index contributed by atoms with van der Waals surface area (Å²) in [6, 6.07) is 0.476. The van der Waals surface area contributed by atoms with E-state index in [1.807, 2.05) is 6.20 Å². The third kappa shape index (κ3) is 4.80. The molecule has 0 aliphatic carbocycles. The number of aromatic nitrogens is 2. The van der Waals surface area contributed by atoms with Crippen molar-refractivity contribution in [2.24, 2.45) is 5.92 Å². The van der Waals surface area contributed by atoms with E-state index in [0.717, 1.165) is 45.4 Å². The fraction of sp³-hybridized carbons (Fsp3) is 0.778. The molecule has 2 rings (SSSR count). The molecule has 1 saturated heterocycles. The number of carboxylic acids is 1. The minimum absolute atomic E-state index is 0.260. The van der Waals surface area contributed by atoms with Crippen molar-refractivity contribution in [3.05, 3.63) is 17.5 Å². The van der Waals surface area contributed by atoms with Crippen LogP contribution in [0.15, 0.2) is 6.20 Å². The minimum Gasteiger partial charge on any atom is -0.481 e. The quantitative estimate of drug-likeness (QED) is 0.789. The molecule has 6 nitrogen and oxygen atoms in total. The molecule has 1 aromatic heterocycles. The second kappa shape index (κ2) is 8.62. The molecule has 1 fully saturated rings. The Bertz CT molecular complexity index is 541. The third-order valence-corrected chi connectivity index (χ3v) is 5.20. The van der Waals surface area contributed by atoms with E-state index in [1.54, 1.807) is 0 Å². The van der Waals surface area contributed by atoms with E-state index >= 15 is 0 Å². The zero-order valence-electron chi connectivity index (χ0n) is 15.5. The van der Waals surface area contributed by atoms with Crippen molar-refractivity contribution in [1.82, 2.24) is 19.6 Å². The maximum atomic E-state index is 11.0. The monoisotopic (exact) mass is 336 g/mol. The van der Waals surface area contributed by atoms with Gasteiger partial charge in [-0.15, -0.1) is 0 Å². The van der Waals surface area contributed by atoms with Gasteiger partial charge in [0.05, 0.1) is 6.20 Å². The van der Waals surface area contributed by atoms with Crippen LogP contribution < -0.4 is 0 Å². The summed E-state index contributed by atoms with van der Waals surface area (Å²) in [6.07, 6.45) is 5.20. The Hall–Kier alpha value is -1.40. The van der Waals surface area contributed by atoms with E-state index in [2.05, 4.69) is 47.5 Å². The number of likely N-dealkylation sites (tertiary alicyclic amines) is 1. The molecule has 0 aromatic carbocycles. The van der Waals surface area contributed by atoms with Crippen molar-refractivity contribution in [2.75, 3.05) is 27.2 Å². The van der Waals surface area contributed by atoms with Crippen molar-refractivity contribution >= 4 is 5.97 Å². The summed E-state index contributed by atoms with van der Waals surface area (Å²) < 4.78 is 2.09. The summed E-state index contributed by atoms with van der Waals surface area (Å²) in [7, 11) is 4.21. The SMILES string of the molecule is CCCn1ncc(CN2CC[C@@H](N(C)C)[C@@H](CCC(=O)O)C2)c1C. The van der Waals surface area contributed by atoms with E-state index in [9.17, 15) is 4.79 Å². The maximum absolute atomic E-state index is 11.0. The van der Waals surface area contributed by atoms with Crippen molar-refractivity contribution in [3.8, 4) is 0 Å². The fourth-order valence-electron chi connectivity index (χ4n) is 3.83. The normalized spacial score (nSPS) is 22.2. The second-order valence-electron chi connectivity index (χ2n) is 7.23. The highest BCUT2D eigenvalue weighted by molar-refractivity contribution is 5.66. The predicted molar refractivity (Wildman–Crippen MR) is 95.0 cm³/mol. The molecule has 6 heteroatoms. The molecule has 0 saturated carbocycles. The minimum atomic E-state index is -0.693. The number of nitrogens with zero attached hydrogens (tertiary/aromatic N) is 4. The third-order valence-electron chi connectivity index (χ3n) is 5.20. The zero-order valence-corrected chi connectivity index (χ0v) is 15.5. The van der Waals surface area contributed by atoms with Gasteiger partial charge in [0.15, 0.2) is 0 Å². The van der Waals surface area contributed by atoms with Gasteiger partial charge < -0.3 is 10.0 Å². The Labute approximate surface area is 145 Å². The van der Waals surface area contributed by atoms with Crippen LogP contribution in [0.2, 0.25) is 0 Å². The predicted octanol–water partition coefficient (Wildman–Crippen LogP) is 2.22. The van der Waals surface area contributed by atoms with Crippen LogP contribution in [0.25, 0.3) is 0 Å². The highest BCUT2D eigenvalue weighted by Gasteiger charge is 2.31. The first kappa shape index (κ1) is 18.9. The van der Waals surface area contributed by atoms with E-state index in [4.69, 9.17) is 5.11 Å². The summed E-state index contributed by atoms with van der Waals surface area (Å²) in [5.74, 6) is -0.280. The molecule has 0 bridgehead atoms. The van der Waals surface area contributed by atoms with E-state index in [-0.39, 0.29) is 6.42 Å². The Balaban J connectivity index is 2.00. The van der Waals surface area contributed by atoms with Gasteiger partial charge in [0, 0.05) is 43.4 Å². The largest absolute Gasteiger partial charge is 0.481 e.